The molecule has 3 aromatic rings. The molecule has 0 spiro atoms. The summed E-state index contributed by atoms with van der Waals surface area (Å²) in [7, 11) is 0. The summed E-state index contributed by atoms with van der Waals surface area (Å²) in [5, 5.41) is 14.8. The third kappa shape index (κ3) is 3.23. The second-order valence-electron chi connectivity index (χ2n) is 5.24. The lowest BCUT2D eigenvalue weighted by molar-refractivity contribution is -0.254. The zero-order valence-corrected chi connectivity index (χ0v) is 12.3. The van der Waals surface area contributed by atoms with Crippen LogP contribution >= 0.6 is 0 Å². The smallest absolute Gasteiger partial charge is 0.224 e. The summed E-state index contributed by atoms with van der Waals surface area (Å²) >= 11 is 0. The molecule has 2 N–H and O–H groups in total. The van der Waals surface area contributed by atoms with Gasteiger partial charge in [0.25, 0.3) is 0 Å². The van der Waals surface area contributed by atoms with E-state index in [0.29, 0.717) is 6.42 Å². The minimum absolute atomic E-state index is 0.0204. The molecule has 0 saturated heterocycles. The van der Waals surface area contributed by atoms with E-state index >= 15 is 0 Å². The molecule has 0 radical (unpaired) electrons. The molecule has 0 unspecified atom stereocenters. The van der Waals surface area contributed by atoms with E-state index in [1.807, 2.05) is 30.5 Å². The third-order valence-electron chi connectivity index (χ3n) is 3.72. The van der Waals surface area contributed by atoms with Crippen molar-refractivity contribution in [3.63, 3.8) is 0 Å². The molecule has 5 nitrogen and oxygen atoms in total. The van der Waals surface area contributed by atoms with Crippen LogP contribution in [-0.4, -0.2) is 16.9 Å². The summed E-state index contributed by atoms with van der Waals surface area (Å²) in [6.07, 6.45) is 2.74. The number of aromatic amines is 1. The Morgan fingerprint density at radius 1 is 1.04 bits per heavy atom. The van der Waals surface area contributed by atoms with Crippen LogP contribution in [0.4, 0.5) is 5.69 Å². The fraction of sp³-hybridized carbons (Fsp3) is 0.111. The van der Waals surface area contributed by atoms with Crippen molar-refractivity contribution >= 4 is 28.5 Å². The van der Waals surface area contributed by atoms with E-state index in [1.165, 1.54) is 6.07 Å². The first-order chi connectivity index (χ1) is 11.1. The SMILES string of the molecule is O=C(CCc1c[nH]c2ccccc12)Nc1ccccc1C(=O)[O-]. The topological polar surface area (TPSA) is 85.0 Å². The van der Waals surface area contributed by atoms with Gasteiger partial charge in [0.05, 0.1) is 5.97 Å². The first-order valence-corrected chi connectivity index (χ1v) is 7.30. The number of hydrogen-bond donors (Lipinski definition) is 2. The number of nitrogens with one attached hydrogen (secondary N) is 2. The molecule has 0 atom stereocenters. The number of carbonyl (C=O) groups excluding carboxylic acids is 2. The number of rotatable bonds is 5. The van der Waals surface area contributed by atoms with Crippen LogP contribution in [0.5, 0.6) is 0 Å². The van der Waals surface area contributed by atoms with Gasteiger partial charge in [-0.2, -0.15) is 0 Å². The molecule has 1 aromatic heterocycles. The number of carboxylic acid groups (broad SMARTS) is 1. The van der Waals surface area contributed by atoms with Crippen LogP contribution in [0.25, 0.3) is 10.9 Å². The lowest BCUT2D eigenvalue weighted by Crippen LogP contribution is -2.24. The van der Waals surface area contributed by atoms with Crippen molar-refractivity contribution in [3.8, 4) is 0 Å². The van der Waals surface area contributed by atoms with Crippen molar-refractivity contribution < 1.29 is 14.7 Å². The fourth-order valence-electron chi connectivity index (χ4n) is 2.57. The summed E-state index contributed by atoms with van der Waals surface area (Å²) in [5.41, 5.74) is 2.33. The van der Waals surface area contributed by atoms with Gasteiger partial charge in [-0.3, -0.25) is 4.79 Å². The molecule has 3 rings (SSSR count). The van der Waals surface area contributed by atoms with E-state index in [4.69, 9.17) is 0 Å². The monoisotopic (exact) mass is 307 g/mol. The number of aromatic nitrogens is 1. The van der Waals surface area contributed by atoms with Crippen molar-refractivity contribution in [2.45, 2.75) is 12.8 Å². The predicted molar refractivity (Wildman–Crippen MR) is 86.0 cm³/mol. The number of fused-ring (bicyclic) bond motifs is 1. The van der Waals surface area contributed by atoms with E-state index in [1.54, 1.807) is 18.2 Å². The molecule has 0 saturated carbocycles. The molecule has 2 aromatic carbocycles. The second-order valence-corrected chi connectivity index (χ2v) is 5.24. The number of para-hydroxylation sites is 2. The van der Waals surface area contributed by atoms with E-state index in [-0.39, 0.29) is 23.6 Å². The average Bonchev–Trinajstić information content (AvgIpc) is 2.96. The van der Waals surface area contributed by atoms with Crippen molar-refractivity contribution in [2.75, 3.05) is 5.32 Å². The highest BCUT2D eigenvalue weighted by atomic mass is 16.4. The Labute approximate surface area is 133 Å². The largest absolute Gasteiger partial charge is 0.545 e. The maximum atomic E-state index is 12.1. The molecule has 23 heavy (non-hydrogen) atoms. The fourth-order valence-corrected chi connectivity index (χ4v) is 2.57. The lowest BCUT2D eigenvalue weighted by atomic mass is 10.1. The van der Waals surface area contributed by atoms with Crippen LogP contribution in [0.2, 0.25) is 0 Å². The normalized spacial score (nSPS) is 10.6. The van der Waals surface area contributed by atoms with Gasteiger partial charge in [0.2, 0.25) is 5.91 Å². The van der Waals surface area contributed by atoms with E-state index in [2.05, 4.69) is 10.3 Å². The number of carbonyl (C=O) groups is 2. The Balaban J connectivity index is 1.68. The number of H-pyrrole nitrogens is 1. The zero-order chi connectivity index (χ0) is 16.2. The summed E-state index contributed by atoms with van der Waals surface area (Å²) < 4.78 is 0. The molecule has 116 valence electrons. The maximum Gasteiger partial charge on any atom is 0.224 e. The van der Waals surface area contributed by atoms with Crippen LogP contribution in [-0.2, 0) is 11.2 Å². The van der Waals surface area contributed by atoms with Gasteiger partial charge < -0.3 is 20.2 Å². The van der Waals surface area contributed by atoms with Crippen LogP contribution in [0.15, 0.2) is 54.7 Å². The van der Waals surface area contributed by atoms with Crippen molar-refractivity contribution in [2.24, 2.45) is 0 Å². The molecule has 0 fully saturated rings. The molecule has 0 bridgehead atoms. The number of anilines is 1. The van der Waals surface area contributed by atoms with Gasteiger partial charge in [0, 0.05) is 34.8 Å². The standard InChI is InChI=1S/C18H16N2O3/c21-17(20-16-8-4-2-6-14(16)18(22)23)10-9-12-11-19-15-7-3-1-5-13(12)15/h1-8,11,19H,9-10H2,(H,20,21)(H,22,23)/p-1. The number of amides is 1. The number of aryl methyl sites for hydroxylation is 1. The van der Waals surface area contributed by atoms with Gasteiger partial charge in [0.15, 0.2) is 0 Å². The number of aromatic carboxylic acids is 1. The number of carboxylic acids is 1. The molecular formula is C18H15N2O3-. The van der Waals surface area contributed by atoms with Crippen molar-refractivity contribution in [1.29, 1.82) is 0 Å². The van der Waals surface area contributed by atoms with Crippen LogP contribution in [0, 0.1) is 0 Å². The minimum atomic E-state index is -1.31. The second kappa shape index (κ2) is 6.36. The Morgan fingerprint density at radius 2 is 1.78 bits per heavy atom. The predicted octanol–water partition coefficient (Wildman–Crippen LogP) is 2.10. The maximum absolute atomic E-state index is 12.1. The molecule has 1 amide bonds. The first-order valence-electron chi connectivity index (χ1n) is 7.30. The molecule has 0 aliphatic heterocycles. The van der Waals surface area contributed by atoms with Gasteiger partial charge >= 0.3 is 0 Å². The van der Waals surface area contributed by atoms with Gasteiger partial charge in [-0.15, -0.1) is 0 Å². The highest BCUT2D eigenvalue weighted by molar-refractivity contribution is 5.99. The zero-order valence-electron chi connectivity index (χ0n) is 12.3. The van der Waals surface area contributed by atoms with Gasteiger partial charge in [-0.05, 0) is 24.1 Å². The molecule has 0 aliphatic rings. The Bertz CT molecular complexity index is 867. The van der Waals surface area contributed by atoms with Gasteiger partial charge in [-0.1, -0.05) is 36.4 Å². The van der Waals surface area contributed by atoms with Crippen LogP contribution in [0.1, 0.15) is 22.3 Å². The quantitative estimate of drug-likeness (QED) is 0.757. The van der Waals surface area contributed by atoms with Crippen LogP contribution in [0.3, 0.4) is 0 Å². The molecular weight excluding hydrogens is 292 g/mol. The first kappa shape index (κ1) is 14.8. The van der Waals surface area contributed by atoms with Gasteiger partial charge in [-0.25, -0.2) is 0 Å². The molecule has 5 heteroatoms. The van der Waals surface area contributed by atoms with E-state index in [9.17, 15) is 14.7 Å². The Hall–Kier alpha value is -3.08. The molecule has 0 aliphatic carbocycles. The molecule has 1 heterocycles. The van der Waals surface area contributed by atoms with E-state index < -0.39 is 5.97 Å². The van der Waals surface area contributed by atoms with Gasteiger partial charge in [0.1, 0.15) is 0 Å². The minimum Gasteiger partial charge on any atom is -0.545 e. The lowest BCUT2D eigenvalue weighted by Gasteiger charge is -2.11. The van der Waals surface area contributed by atoms with Crippen LogP contribution < -0.4 is 10.4 Å². The Kier molecular flexibility index (Phi) is 4.10. The number of hydrogen-bond acceptors (Lipinski definition) is 3. The summed E-state index contributed by atoms with van der Waals surface area (Å²) in [4.78, 5) is 26.3. The summed E-state index contributed by atoms with van der Waals surface area (Å²) in [6, 6.07) is 14.1. The highest BCUT2D eigenvalue weighted by Gasteiger charge is 2.09. The van der Waals surface area contributed by atoms with Crippen molar-refractivity contribution in [1.82, 2.24) is 4.98 Å². The third-order valence-corrected chi connectivity index (χ3v) is 3.72. The highest BCUT2D eigenvalue weighted by Crippen LogP contribution is 2.20. The summed E-state index contributed by atoms with van der Waals surface area (Å²) in [6.45, 7) is 0. The average molecular weight is 307 g/mol. The van der Waals surface area contributed by atoms with E-state index in [0.717, 1.165) is 16.5 Å². The summed E-state index contributed by atoms with van der Waals surface area (Å²) in [5.74, 6) is -1.54. The number of benzene rings is 2. The Morgan fingerprint density at radius 3 is 2.61 bits per heavy atom. The van der Waals surface area contributed by atoms with Crippen molar-refractivity contribution in [3.05, 3.63) is 65.9 Å².